The standard InChI is InChI=1S/C11H12ClN3O2/c12-11-2-1-8(6-14-11)5-9-3-4-13-10(9)7-15(16)17/h1-2,6,9H,3-5,7H2. The van der Waals surface area contributed by atoms with Crippen LogP contribution in [0, 0.1) is 16.0 Å². The predicted molar refractivity (Wildman–Crippen MR) is 65.2 cm³/mol. The van der Waals surface area contributed by atoms with E-state index in [9.17, 15) is 10.1 Å². The second-order valence-corrected chi connectivity index (χ2v) is 4.43. The van der Waals surface area contributed by atoms with E-state index in [2.05, 4.69) is 9.98 Å². The number of hydrogen-bond acceptors (Lipinski definition) is 4. The second kappa shape index (κ2) is 5.23. The monoisotopic (exact) mass is 253 g/mol. The average Bonchev–Trinajstić information content (AvgIpc) is 2.68. The third-order valence-electron chi connectivity index (χ3n) is 2.83. The summed E-state index contributed by atoms with van der Waals surface area (Å²) in [5.74, 6) is 0.170. The molecule has 5 nitrogen and oxygen atoms in total. The van der Waals surface area contributed by atoms with Gasteiger partial charge < -0.3 is 0 Å². The minimum absolute atomic E-state index is 0.147. The van der Waals surface area contributed by atoms with Gasteiger partial charge in [0.15, 0.2) is 0 Å². The highest BCUT2D eigenvalue weighted by Gasteiger charge is 2.24. The lowest BCUT2D eigenvalue weighted by Gasteiger charge is -2.10. The molecule has 1 aliphatic heterocycles. The molecule has 0 amide bonds. The number of aliphatic imine (C=N–C) groups is 1. The van der Waals surface area contributed by atoms with Crippen LogP contribution in [0.5, 0.6) is 0 Å². The van der Waals surface area contributed by atoms with E-state index in [0.29, 0.717) is 17.4 Å². The van der Waals surface area contributed by atoms with Crippen molar-refractivity contribution in [2.24, 2.45) is 10.9 Å². The molecule has 0 aliphatic carbocycles. The van der Waals surface area contributed by atoms with E-state index in [-0.39, 0.29) is 17.4 Å². The molecular weight excluding hydrogens is 242 g/mol. The van der Waals surface area contributed by atoms with Gasteiger partial charge in [0.1, 0.15) is 5.15 Å². The number of halogens is 1. The topological polar surface area (TPSA) is 68.4 Å². The summed E-state index contributed by atoms with van der Waals surface area (Å²) in [5.41, 5.74) is 1.74. The van der Waals surface area contributed by atoms with Gasteiger partial charge in [-0.1, -0.05) is 17.7 Å². The molecular formula is C11H12ClN3O2. The summed E-state index contributed by atoms with van der Waals surface area (Å²) in [5, 5.41) is 11.0. The van der Waals surface area contributed by atoms with Gasteiger partial charge in [0.05, 0.1) is 5.71 Å². The quantitative estimate of drug-likeness (QED) is 0.468. The Hall–Kier alpha value is -1.49. The van der Waals surface area contributed by atoms with Crippen LogP contribution in [0.25, 0.3) is 0 Å². The highest BCUT2D eigenvalue weighted by Crippen LogP contribution is 2.20. The minimum Gasteiger partial charge on any atom is -0.287 e. The van der Waals surface area contributed by atoms with Gasteiger partial charge in [-0.25, -0.2) is 4.98 Å². The van der Waals surface area contributed by atoms with E-state index in [1.807, 2.05) is 6.07 Å². The summed E-state index contributed by atoms with van der Waals surface area (Å²) in [4.78, 5) is 18.4. The molecule has 2 rings (SSSR count). The molecule has 1 aliphatic rings. The molecule has 6 heteroatoms. The van der Waals surface area contributed by atoms with E-state index >= 15 is 0 Å². The van der Waals surface area contributed by atoms with E-state index in [4.69, 9.17) is 11.6 Å². The molecule has 1 atom stereocenters. The summed E-state index contributed by atoms with van der Waals surface area (Å²) < 4.78 is 0. The molecule has 1 aromatic heterocycles. The lowest BCUT2D eigenvalue weighted by atomic mass is 9.94. The fraction of sp³-hybridized carbons (Fsp3) is 0.455. The van der Waals surface area contributed by atoms with Crippen LogP contribution in [-0.2, 0) is 6.42 Å². The largest absolute Gasteiger partial charge is 0.287 e. The zero-order valence-corrected chi connectivity index (χ0v) is 9.93. The molecule has 0 N–H and O–H groups in total. The molecule has 90 valence electrons. The Kier molecular flexibility index (Phi) is 3.68. The van der Waals surface area contributed by atoms with Crippen molar-refractivity contribution in [2.45, 2.75) is 12.8 Å². The first kappa shape index (κ1) is 12.0. The lowest BCUT2D eigenvalue weighted by molar-refractivity contribution is -0.463. The molecule has 0 radical (unpaired) electrons. The second-order valence-electron chi connectivity index (χ2n) is 4.04. The first-order chi connectivity index (χ1) is 8.15. The maximum absolute atomic E-state index is 10.5. The number of pyridine rings is 1. The minimum atomic E-state index is -0.322. The Balaban J connectivity index is 2.01. The van der Waals surface area contributed by atoms with Crippen molar-refractivity contribution in [3.63, 3.8) is 0 Å². The van der Waals surface area contributed by atoms with Gasteiger partial charge in [0.2, 0.25) is 6.54 Å². The average molecular weight is 254 g/mol. The highest BCUT2D eigenvalue weighted by molar-refractivity contribution is 6.29. The molecule has 0 fully saturated rings. The molecule has 2 heterocycles. The Bertz CT molecular complexity index is 445. The maximum Gasteiger partial charge on any atom is 0.241 e. The van der Waals surface area contributed by atoms with Crippen molar-refractivity contribution in [1.82, 2.24) is 4.98 Å². The summed E-state index contributed by atoms with van der Waals surface area (Å²) >= 11 is 5.70. The summed E-state index contributed by atoms with van der Waals surface area (Å²) in [7, 11) is 0. The normalized spacial score (nSPS) is 19.1. The Morgan fingerprint density at radius 3 is 3.00 bits per heavy atom. The molecule has 0 saturated carbocycles. The number of rotatable bonds is 4. The van der Waals surface area contributed by atoms with Gasteiger partial charge in [0.25, 0.3) is 0 Å². The van der Waals surface area contributed by atoms with Crippen LogP contribution in [0.3, 0.4) is 0 Å². The third kappa shape index (κ3) is 3.23. The van der Waals surface area contributed by atoms with Crippen LogP contribution in [0.1, 0.15) is 12.0 Å². The third-order valence-corrected chi connectivity index (χ3v) is 3.05. The van der Waals surface area contributed by atoms with Crippen LogP contribution in [0.2, 0.25) is 5.15 Å². The number of aromatic nitrogens is 1. The highest BCUT2D eigenvalue weighted by atomic mass is 35.5. The fourth-order valence-electron chi connectivity index (χ4n) is 2.00. The van der Waals surface area contributed by atoms with E-state index in [0.717, 1.165) is 18.4 Å². The first-order valence-corrected chi connectivity index (χ1v) is 5.78. The predicted octanol–water partition coefficient (Wildman–Crippen LogP) is 2.02. The van der Waals surface area contributed by atoms with Gasteiger partial charge >= 0.3 is 0 Å². The molecule has 0 aromatic carbocycles. The molecule has 1 aromatic rings. The lowest BCUT2D eigenvalue weighted by Crippen LogP contribution is -2.21. The fourth-order valence-corrected chi connectivity index (χ4v) is 2.11. The van der Waals surface area contributed by atoms with Crippen molar-refractivity contribution < 1.29 is 4.92 Å². The number of nitrogens with zero attached hydrogens (tertiary/aromatic N) is 3. The molecule has 17 heavy (non-hydrogen) atoms. The van der Waals surface area contributed by atoms with Crippen LogP contribution in [0.4, 0.5) is 0 Å². The molecule has 0 bridgehead atoms. The summed E-state index contributed by atoms with van der Waals surface area (Å²) in [6.07, 6.45) is 3.34. The van der Waals surface area contributed by atoms with Crippen molar-refractivity contribution in [3.05, 3.63) is 39.2 Å². The van der Waals surface area contributed by atoms with Gasteiger partial charge in [-0.05, 0) is 24.5 Å². The van der Waals surface area contributed by atoms with E-state index < -0.39 is 0 Å². The van der Waals surface area contributed by atoms with Gasteiger partial charge in [-0.3, -0.25) is 15.1 Å². The van der Waals surface area contributed by atoms with Crippen LogP contribution >= 0.6 is 11.6 Å². The zero-order valence-electron chi connectivity index (χ0n) is 9.17. The summed E-state index contributed by atoms with van der Waals surface area (Å²) in [6, 6.07) is 3.63. The Morgan fingerprint density at radius 2 is 2.35 bits per heavy atom. The van der Waals surface area contributed by atoms with Gasteiger partial charge in [-0.15, -0.1) is 0 Å². The maximum atomic E-state index is 10.5. The van der Waals surface area contributed by atoms with Crippen molar-refractivity contribution in [2.75, 3.05) is 13.1 Å². The van der Waals surface area contributed by atoms with Crippen LogP contribution in [-0.4, -0.2) is 28.7 Å². The Morgan fingerprint density at radius 1 is 1.53 bits per heavy atom. The van der Waals surface area contributed by atoms with Gasteiger partial charge in [0, 0.05) is 23.6 Å². The van der Waals surface area contributed by atoms with Crippen molar-refractivity contribution in [1.29, 1.82) is 0 Å². The molecule has 0 spiro atoms. The molecule has 0 saturated heterocycles. The number of nitro groups is 1. The smallest absolute Gasteiger partial charge is 0.241 e. The van der Waals surface area contributed by atoms with E-state index in [1.54, 1.807) is 12.3 Å². The van der Waals surface area contributed by atoms with Gasteiger partial charge in [-0.2, -0.15) is 0 Å². The van der Waals surface area contributed by atoms with E-state index in [1.165, 1.54) is 0 Å². The SMILES string of the molecule is O=[N+]([O-])CC1=NCCC1Cc1ccc(Cl)nc1. The van der Waals surface area contributed by atoms with Crippen molar-refractivity contribution >= 4 is 17.3 Å². The Labute approximate surface area is 104 Å². The van der Waals surface area contributed by atoms with Crippen molar-refractivity contribution in [3.8, 4) is 0 Å². The molecule has 1 unspecified atom stereocenters. The zero-order chi connectivity index (χ0) is 12.3. The van der Waals surface area contributed by atoms with Crippen LogP contribution < -0.4 is 0 Å². The first-order valence-electron chi connectivity index (χ1n) is 5.40. The summed E-state index contributed by atoms with van der Waals surface area (Å²) in [6.45, 7) is 0.542. The van der Waals surface area contributed by atoms with Crippen LogP contribution in [0.15, 0.2) is 23.3 Å². The number of hydrogen-bond donors (Lipinski definition) is 0.